The minimum atomic E-state index is -0.662. The maximum atomic E-state index is 11.9. The summed E-state index contributed by atoms with van der Waals surface area (Å²) in [5, 5.41) is 5.11. The first-order chi connectivity index (χ1) is 9.67. The normalized spacial score (nSPS) is 11.6. The molecule has 7 heteroatoms. The van der Waals surface area contributed by atoms with Gasteiger partial charge in [-0.25, -0.2) is 0 Å². The van der Waals surface area contributed by atoms with Crippen LogP contribution in [0.5, 0.6) is 0 Å². The number of aromatic nitrogens is 2. The number of fused-ring (bicyclic) bond motifs is 1. The van der Waals surface area contributed by atoms with Crippen LogP contribution in [0.3, 0.4) is 0 Å². The second-order valence-corrected chi connectivity index (χ2v) is 6.05. The molecule has 1 amide bonds. The van der Waals surface area contributed by atoms with E-state index in [2.05, 4.69) is 5.10 Å². The summed E-state index contributed by atoms with van der Waals surface area (Å²) >= 11 is 5.95. The molecule has 0 atom stereocenters. The van der Waals surface area contributed by atoms with Crippen LogP contribution in [-0.4, -0.2) is 27.3 Å². The molecule has 0 unspecified atom stereocenters. The first-order valence-electron chi connectivity index (χ1n) is 6.35. The number of primary amides is 1. The maximum Gasteiger partial charge on any atom is 0.328 e. The highest BCUT2D eigenvalue weighted by Crippen LogP contribution is 2.23. The Kier molecular flexibility index (Phi) is 3.91. The van der Waals surface area contributed by atoms with Crippen LogP contribution in [-0.2, 0) is 16.1 Å². The minimum absolute atomic E-state index is 0.102. The van der Waals surface area contributed by atoms with Crippen LogP contribution < -0.4 is 5.73 Å². The third-order valence-electron chi connectivity index (χ3n) is 2.65. The van der Waals surface area contributed by atoms with Gasteiger partial charge in [-0.15, -0.1) is 0 Å². The molecule has 0 aliphatic rings. The zero-order valence-electron chi connectivity index (χ0n) is 12.0. The molecule has 0 aliphatic heterocycles. The number of carbonyl (C=O) groups is 2. The highest BCUT2D eigenvalue weighted by Gasteiger charge is 2.20. The molecule has 2 aromatic rings. The molecule has 0 spiro atoms. The molecule has 0 radical (unpaired) electrons. The van der Waals surface area contributed by atoms with Gasteiger partial charge in [0, 0.05) is 10.4 Å². The summed E-state index contributed by atoms with van der Waals surface area (Å²) < 4.78 is 6.61. The number of benzene rings is 1. The zero-order chi connectivity index (χ0) is 15.8. The summed E-state index contributed by atoms with van der Waals surface area (Å²) in [6, 6.07) is 4.91. The third kappa shape index (κ3) is 3.52. The minimum Gasteiger partial charge on any atom is -0.459 e. The number of amides is 1. The summed E-state index contributed by atoms with van der Waals surface area (Å²) in [6.07, 6.45) is 0. The van der Waals surface area contributed by atoms with Crippen molar-refractivity contribution in [2.45, 2.75) is 32.9 Å². The van der Waals surface area contributed by atoms with E-state index in [0.717, 1.165) is 0 Å². The molecule has 0 aliphatic carbocycles. The highest BCUT2D eigenvalue weighted by molar-refractivity contribution is 6.31. The van der Waals surface area contributed by atoms with E-state index >= 15 is 0 Å². The van der Waals surface area contributed by atoms with Gasteiger partial charge in [-0.05, 0) is 39.0 Å². The van der Waals surface area contributed by atoms with Crippen LogP contribution in [0.1, 0.15) is 31.3 Å². The number of esters is 1. The van der Waals surface area contributed by atoms with Gasteiger partial charge in [-0.2, -0.15) is 5.10 Å². The fourth-order valence-corrected chi connectivity index (χ4v) is 2.11. The Morgan fingerprint density at radius 3 is 2.62 bits per heavy atom. The van der Waals surface area contributed by atoms with E-state index in [0.29, 0.717) is 15.9 Å². The Morgan fingerprint density at radius 1 is 1.38 bits per heavy atom. The van der Waals surface area contributed by atoms with Gasteiger partial charge in [0.1, 0.15) is 12.1 Å². The van der Waals surface area contributed by atoms with Gasteiger partial charge >= 0.3 is 5.97 Å². The monoisotopic (exact) mass is 309 g/mol. The molecule has 2 rings (SSSR count). The molecule has 0 saturated carbocycles. The molecule has 1 aromatic heterocycles. The molecule has 0 saturated heterocycles. The van der Waals surface area contributed by atoms with E-state index in [-0.39, 0.29) is 12.2 Å². The van der Waals surface area contributed by atoms with Gasteiger partial charge in [0.05, 0.1) is 5.52 Å². The number of rotatable bonds is 3. The molecule has 112 valence electrons. The Hall–Kier alpha value is -2.08. The van der Waals surface area contributed by atoms with Crippen molar-refractivity contribution in [2.75, 3.05) is 0 Å². The molecule has 0 fully saturated rings. The van der Waals surface area contributed by atoms with E-state index in [1.54, 1.807) is 39.0 Å². The van der Waals surface area contributed by atoms with Gasteiger partial charge in [0.25, 0.3) is 5.91 Å². The van der Waals surface area contributed by atoms with Crippen LogP contribution in [0, 0.1) is 0 Å². The van der Waals surface area contributed by atoms with Crippen LogP contribution in [0.15, 0.2) is 18.2 Å². The van der Waals surface area contributed by atoms with Gasteiger partial charge in [-0.1, -0.05) is 11.6 Å². The maximum absolute atomic E-state index is 11.9. The first kappa shape index (κ1) is 15.3. The van der Waals surface area contributed by atoms with Gasteiger partial charge in [-0.3, -0.25) is 14.3 Å². The van der Waals surface area contributed by atoms with E-state index in [9.17, 15) is 9.59 Å². The highest BCUT2D eigenvalue weighted by atomic mass is 35.5. The molecule has 1 aromatic carbocycles. The summed E-state index contributed by atoms with van der Waals surface area (Å²) in [5.41, 5.74) is 5.37. The van der Waals surface area contributed by atoms with Crippen molar-refractivity contribution in [2.24, 2.45) is 5.73 Å². The van der Waals surface area contributed by atoms with Crippen LogP contribution in [0.2, 0.25) is 5.02 Å². The predicted molar refractivity (Wildman–Crippen MR) is 79.1 cm³/mol. The number of hydrogen-bond acceptors (Lipinski definition) is 4. The fourth-order valence-electron chi connectivity index (χ4n) is 1.95. The summed E-state index contributed by atoms with van der Waals surface area (Å²) in [7, 11) is 0. The van der Waals surface area contributed by atoms with Crippen molar-refractivity contribution in [1.29, 1.82) is 0 Å². The smallest absolute Gasteiger partial charge is 0.328 e. The van der Waals surface area contributed by atoms with Gasteiger partial charge < -0.3 is 10.5 Å². The van der Waals surface area contributed by atoms with Crippen molar-refractivity contribution in [1.82, 2.24) is 9.78 Å². The number of ether oxygens (including phenoxy) is 1. The van der Waals surface area contributed by atoms with Gasteiger partial charge in [0.2, 0.25) is 0 Å². The lowest BCUT2D eigenvalue weighted by Gasteiger charge is -2.19. The number of carbonyl (C=O) groups excluding carboxylic acids is 2. The Morgan fingerprint density at radius 2 is 2.05 bits per heavy atom. The Balaban J connectivity index is 2.42. The summed E-state index contributed by atoms with van der Waals surface area (Å²) in [6.45, 7) is 5.20. The average Bonchev–Trinajstić information content (AvgIpc) is 2.65. The molecule has 1 heterocycles. The van der Waals surface area contributed by atoms with E-state index in [1.807, 2.05) is 0 Å². The third-order valence-corrected chi connectivity index (χ3v) is 2.88. The lowest BCUT2D eigenvalue weighted by molar-refractivity contribution is -0.155. The molecular weight excluding hydrogens is 294 g/mol. The van der Waals surface area contributed by atoms with Crippen LogP contribution in [0.25, 0.3) is 10.9 Å². The van der Waals surface area contributed by atoms with Gasteiger partial charge in [0.15, 0.2) is 5.69 Å². The van der Waals surface area contributed by atoms with Crippen LogP contribution >= 0.6 is 11.6 Å². The predicted octanol–water partition coefficient (Wildman–Crippen LogP) is 2.13. The number of halogens is 1. The number of nitrogens with two attached hydrogens (primary N) is 1. The number of nitrogens with zero attached hydrogens (tertiary/aromatic N) is 2. The zero-order valence-corrected chi connectivity index (χ0v) is 12.8. The Bertz CT molecular complexity index is 716. The molecular formula is C14H16ClN3O3. The molecule has 6 nitrogen and oxygen atoms in total. The topological polar surface area (TPSA) is 87.2 Å². The average molecular weight is 310 g/mol. The Labute approximate surface area is 126 Å². The van der Waals surface area contributed by atoms with Crippen molar-refractivity contribution in [3.05, 3.63) is 28.9 Å². The fraction of sp³-hybridized carbons (Fsp3) is 0.357. The molecule has 0 bridgehead atoms. The lowest BCUT2D eigenvalue weighted by atomic mass is 10.2. The van der Waals surface area contributed by atoms with Crippen molar-refractivity contribution >= 4 is 34.4 Å². The standard InChI is InChI=1S/C14H16ClN3O3/c1-14(2,3)21-11(19)7-18-10-6-8(15)4-5-9(10)12(17-18)13(16)20/h4-6H,7H2,1-3H3,(H2,16,20). The van der Waals surface area contributed by atoms with E-state index < -0.39 is 17.5 Å². The molecule has 21 heavy (non-hydrogen) atoms. The van der Waals surface area contributed by atoms with Crippen molar-refractivity contribution < 1.29 is 14.3 Å². The SMILES string of the molecule is CC(C)(C)OC(=O)Cn1nc(C(N)=O)c2ccc(Cl)cc21. The van der Waals surface area contributed by atoms with Crippen molar-refractivity contribution in [3.63, 3.8) is 0 Å². The molecule has 2 N–H and O–H groups in total. The lowest BCUT2D eigenvalue weighted by Crippen LogP contribution is -2.27. The van der Waals surface area contributed by atoms with E-state index in [4.69, 9.17) is 22.1 Å². The largest absolute Gasteiger partial charge is 0.459 e. The second-order valence-electron chi connectivity index (χ2n) is 5.62. The summed E-state index contributed by atoms with van der Waals surface area (Å²) in [5.74, 6) is -1.12. The number of hydrogen-bond donors (Lipinski definition) is 1. The van der Waals surface area contributed by atoms with Crippen LogP contribution in [0.4, 0.5) is 0 Å². The first-order valence-corrected chi connectivity index (χ1v) is 6.73. The second kappa shape index (κ2) is 5.37. The van der Waals surface area contributed by atoms with Crippen molar-refractivity contribution in [3.8, 4) is 0 Å². The summed E-state index contributed by atoms with van der Waals surface area (Å²) in [4.78, 5) is 23.3. The quantitative estimate of drug-likeness (QED) is 0.880. The van der Waals surface area contributed by atoms with E-state index in [1.165, 1.54) is 4.68 Å².